The molecule has 0 radical (unpaired) electrons. The van der Waals surface area contributed by atoms with E-state index in [1.807, 2.05) is 51.0 Å². The molecule has 0 fully saturated rings. The number of carbonyl (C=O) groups is 2. The Morgan fingerprint density at radius 3 is 2.11 bits per heavy atom. The third-order valence-electron chi connectivity index (χ3n) is 4.52. The van der Waals surface area contributed by atoms with Crippen LogP contribution in [0.2, 0.25) is 10.0 Å². The van der Waals surface area contributed by atoms with Gasteiger partial charge in [-0.15, -0.1) is 0 Å². The summed E-state index contributed by atoms with van der Waals surface area (Å²) in [6, 6.07) is 15.1. The molecular weight excluding hydrogens is 542 g/mol. The van der Waals surface area contributed by atoms with Crippen molar-refractivity contribution in [3.05, 3.63) is 87.7 Å². The van der Waals surface area contributed by atoms with E-state index in [0.717, 1.165) is 11.8 Å². The van der Waals surface area contributed by atoms with E-state index in [2.05, 4.69) is 10.3 Å². The molecule has 0 atom stereocenters. The highest BCUT2D eigenvalue weighted by atomic mass is 35.5. The van der Waals surface area contributed by atoms with Gasteiger partial charge in [-0.1, -0.05) is 53.0 Å². The predicted octanol–water partition coefficient (Wildman–Crippen LogP) is 7.31. The Morgan fingerprint density at radius 1 is 1.11 bits per heavy atom. The first kappa shape index (κ1) is 34.9. The number of alkyl halides is 3. The third-order valence-corrected chi connectivity index (χ3v) is 5.06. The fourth-order valence-electron chi connectivity index (χ4n) is 3.01. The van der Waals surface area contributed by atoms with Crippen molar-refractivity contribution in [3.63, 3.8) is 0 Å². The molecule has 1 amide bonds. The molecule has 0 saturated carbocycles. The Hall–Kier alpha value is -3.14. The number of hydrogen-bond donors (Lipinski definition) is 2. The van der Waals surface area contributed by atoms with E-state index < -0.39 is 11.7 Å². The van der Waals surface area contributed by atoms with E-state index in [1.54, 1.807) is 31.9 Å². The summed E-state index contributed by atoms with van der Waals surface area (Å²) in [6.45, 7) is 9.46. The molecule has 38 heavy (non-hydrogen) atoms. The first-order chi connectivity index (χ1) is 17.9. The van der Waals surface area contributed by atoms with Crippen LogP contribution in [0, 0.1) is 6.92 Å². The molecule has 0 aliphatic rings. The predicted molar refractivity (Wildman–Crippen MR) is 148 cm³/mol. The minimum absolute atomic E-state index is 0.0158. The summed E-state index contributed by atoms with van der Waals surface area (Å²) in [6.07, 6.45) is -2.87. The number of rotatable bonds is 4. The third kappa shape index (κ3) is 11.1. The van der Waals surface area contributed by atoms with Crippen LogP contribution in [0.25, 0.3) is 0 Å². The summed E-state index contributed by atoms with van der Waals surface area (Å²) in [7, 11) is 1.74. The van der Waals surface area contributed by atoms with Crippen LogP contribution in [-0.4, -0.2) is 42.5 Å². The van der Waals surface area contributed by atoms with Crippen molar-refractivity contribution in [3.8, 4) is 0 Å². The first-order valence-corrected chi connectivity index (χ1v) is 12.1. The number of anilines is 2. The summed E-state index contributed by atoms with van der Waals surface area (Å²) in [5, 5.41) is 10.8. The molecule has 0 aliphatic carbocycles. The van der Waals surface area contributed by atoms with Crippen LogP contribution in [-0.2, 0) is 11.0 Å². The molecule has 0 saturated heterocycles. The van der Waals surface area contributed by atoms with Crippen molar-refractivity contribution in [2.45, 2.75) is 39.9 Å². The lowest BCUT2D eigenvalue weighted by Gasteiger charge is -2.27. The topological polar surface area (TPSA) is 82.5 Å². The van der Waals surface area contributed by atoms with Gasteiger partial charge >= 0.3 is 6.18 Å². The Kier molecular flexibility index (Phi) is 15.9. The van der Waals surface area contributed by atoms with Crippen molar-refractivity contribution in [1.29, 1.82) is 0 Å². The minimum atomic E-state index is -4.36. The van der Waals surface area contributed by atoms with E-state index in [4.69, 9.17) is 33.1 Å². The molecule has 0 aliphatic heterocycles. The van der Waals surface area contributed by atoms with Gasteiger partial charge in [0, 0.05) is 31.6 Å². The standard InChI is InChI=1S/C16H18ClN3O.C8H6ClF3.C2H6O.CH2O/c1-11(2)20(13-7-5-4-6-8-13)16(21)15-14(18-3)9-12(17)10-19-15;1-5-2-3-7(9)6(4-5)8(10,11)12;1-2-3;1-2/h4-11,18H,1-3H3;2-4H,1H3;3H,2H2,1H3;1H2. The average Bonchev–Trinajstić information content (AvgIpc) is 2.87. The second-order valence-corrected chi connectivity index (χ2v) is 8.55. The Bertz CT molecular complexity index is 1130. The summed E-state index contributed by atoms with van der Waals surface area (Å²) in [5.41, 5.74) is 1.60. The van der Waals surface area contributed by atoms with Gasteiger partial charge in [-0.05, 0) is 58.0 Å². The summed E-state index contributed by atoms with van der Waals surface area (Å²) in [5.74, 6) is -0.155. The van der Waals surface area contributed by atoms with Crippen LogP contribution in [0.15, 0.2) is 60.8 Å². The smallest absolute Gasteiger partial charge is 0.397 e. The number of para-hydroxylation sites is 1. The summed E-state index contributed by atoms with van der Waals surface area (Å²) < 4.78 is 36.4. The summed E-state index contributed by atoms with van der Waals surface area (Å²) >= 11 is 11.3. The van der Waals surface area contributed by atoms with Crippen molar-refractivity contribution in [2.24, 2.45) is 0 Å². The Morgan fingerprint density at radius 2 is 1.66 bits per heavy atom. The zero-order valence-corrected chi connectivity index (χ0v) is 23.3. The van der Waals surface area contributed by atoms with Gasteiger partial charge in [0.1, 0.15) is 6.79 Å². The highest BCUT2D eigenvalue weighted by Gasteiger charge is 2.33. The van der Waals surface area contributed by atoms with Gasteiger partial charge < -0.3 is 20.1 Å². The molecule has 1 heterocycles. The maximum Gasteiger partial charge on any atom is 0.417 e. The van der Waals surface area contributed by atoms with E-state index in [-0.39, 0.29) is 23.6 Å². The number of nitrogens with zero attached hydrogens (tertiary/aromatic N) is 2. The molecule has 2 N–H and O–H groups in total. The Labute approximate surface area is 231 Å². The second-order valence-electron chi connectivity index (χ2n) is 7.70. The number of amides is 1. The minimum Gasteiger partial charge on any atom is -0.397 e. The molecule has 2 aromatic carbocycles. The normalized spacial score (nSPS) is 10.1. The monoisotopic (exact) mass is 573 g/mol. The van der Waals surface area contributed by atoms with E-state index >= 15 is 0 Å². The molecule has 3 rings (SSSR count). The van der Waals surface area contributed by atoms with E-state index in [0.29, 0.717) is 22.0 Å². The van der Waals surface area contributed by atoms with Crippen LogP contribution < -0.4 is 10.2 Å². The van der Waals surface area contributed by atoms with Crippen LogP contribution in [0.1, 0.15) is 42.4 Å². The quantitative estimate of drug-likeness (QED) is 0.342. The molecule has 208 valence electrons. The summed E-state index contributed by atoms with van der Waals surface area (Å²) in [4.78, 5) is 26.8. The number of benzene rings is 2. The first-order valence-electron chi connectivity index (χ1n) is 11.3. The second kappa shape index (κ2) is 17.4. The molecule has 0 bridgehead atoms. The number of hydrogen-bond acceptors (Lipinski definition) is 5. The van der Waals surface area contributed by atoms with E-state index in [9.17, 15) is 18.0 Å². The highest BCUT2D eigenvalue weighted by molar-refractivity contribution is 6.31. The number of aliphatic hydroxyl groups excluding tert-OH is 1. The molecular formula is C27H32Cl2F3N3O3. The SMILES string of the molecule is C=O.CCO.CNc1cc(Cl)cnc1C(=O)N(c1ccccc1)C(C)C.Cc1ccc(Cl)c(C(F)(F)F)c1. The highest BCUT2D eigenvalue weighted by Crippen LogP contribution is 2.34. The lowest BCUT2D eigenvalue weighted by atomic mass is 10.1. The van der Waals surface area contributed by atoms with Gasteiger partial charge in [0.2, 0.25) is 0 Å². The fraction of sp³-hybridized carbons (Fsp3) is 0.296. The van der Waals surface area contributed by atoms with Gasteiger partial charge in [0.25, 0.3) is 5.91 Å². The number of aromatic nitrogens is 1. The van der Waals surface area contributed by atoms with Gasteiger partial charge in [0.15, 0.2) is 5.69 Å². The van der Waals surface area contributed by atoms with Crippen LogP contribution >= 0.6 is 23.2 Å². The average molecular weight is 574 g/mol. The van der Waals surface area contributed by atoms with Gasteiger partial charge in [-0.3, -0.25) is 4.79 Å². The number of halogens is 5. The van der Waals surface area contributed by atoms with Crippen molar-refractivity contribution >= 4 is 47.3 Å². The lowest BCUT2D eigenvalue weighted by molar-refractivity contribution is -0.137. The number of aliphatic hydroxyl groups is 1. The van der Waals surface area contributed by atoms with Gasteiger partial charge in [0.05, 0.1) is 21.3 Å². The van der Waals surface area contributed by atoms with E-state index in [1.165, 1.54) is 18.3 Å². The van der Waals surface area contributed by atoms with Crippen LogP contribution in [0.5, 0.6) is 0 Å². The number of nitrogens with one attached hydrogen (secondary N) is 1. The number of carbonyl (C=O) groups excluding carboxylic acids is 2. The van der Waals surface area contributed by atoms with Crippen molar-refractivity contribution < 1.29 is 27.9 Å². The molecule has 3 aromatic rings. The largest absolute Gasteiger partial charge is 0.417 e. The van der Waals surface area contributed by atoms with Gasteiger partial charge in [-0.25, -0.2) is 4.98 Å². The zero-order valence-electron chi connectivity index (χ0n) is 21.8. The van der Waals surface area contributed by atoms with Crippen molar-refractivity contribution in [1.82, 2.24) is 4.98 Å². The van der Waals surface area contributed by atoms with Crippen LogP contribution in [0.4, 0.5) is 24.5 Å². The van der Waals surface area contributed by atoms with Crippen LogP contribution in [0.3, 0.4) is 0 Å². The molecule has 1 aromatic heterocycles. The van der Waals surface area contributed by atoms with Gasteiger partial charge in [-0.2, -0.15) is 13.2 Å². The maximum absolute atomic E-state index is 12.9. The number of pyridine rings is 1. The molecule has 0 unspecified atom stereocenters. The van der Waals surface area contributed by atoms with Crippen molar-refractivity contribution in [2.75, 3.05) is 23.9 Å². The fourth-order valence-corrected chi connectivity index (χ4v) is 3.39. The maximum atomic E-state index is 12.9. The molecule has 6 nitrogen and oxygen atoms in total. The lowest BCUT2D eigenvalue weighted by Crippen LogP contribution is -2.37. The zero-order chi connectivity index (χ0) is 29.5. The number of aryl methyl sites for hydroxylation is 1. The molecule has 0 spiro atoms. The molecule has 11 heteroatoms. The Balaban J connectivity index is 0.000000681.